The van der Waals surface area contributed by atoms with Crippen molar-refractivity contribution in [2.24, 2.45) is 0 Å². The zero-order valence-corrected chi connectivity index (χ0v) is 20.0. The highest BCUT2D eigenvalue weighted by Crippen LogP contribution is 2.22. The molecule has 3 rings (SSSR count). The van der Waals surface area contributed by atoms with E-state index < -0.39 is 0 Å². The molecular weight excluding hydrogens is 404 g/mol. The third-order valence-corrected chi connectivity index (χ3v) is 6.16. The van der Waals surface area contributed by atoms with Gasteiger partial charge in [0.15, 0.2) is 0 Å². The van der Waals surface area contributed by atoms with Crippen LogP contribution < -0.4 is 5.32 Å². The molecule has 0 bridgehead atoms. The smallest absolute Gasteiger partial charge is 0.234 e. The van der Waals surface area contributed by atoms with E-state index in [1.54, 1.807) is 0 Å². The summed E-state index contributed by atoms with van der Waals surface area (Å²) in [5.74, 6) is 0.823. The van der Waals surface area contributed by atoms with Gasteiger partial charge in [-0.3, -0.25) is 14.5 Å². The third kappa shape index (κ3) is 6.42. The number of aromatic nitrogens is 1. The summed E-state index contributed by atoms with van der Waals surface area (Å²) in [6, 6.07) is 8.63. The fourth-order valence-electron chi connectivity index (χ4n) is 3.95. The molecule has 7 heteroatoms. The fourth-order valence-corrected chi connectivity index (χ4v) is 3.95. The van der Waals surface area contributed by atoms with Crippen LogP contribution >= 0.6 is 0 Å². The van der Waals surface area contributed by atoms with Crippen molar-refractivity contribution in [3.8, 4) is 0 Å². The molecule has 1 saturated heterocycles. The van der Waals surface area contributed by atoms with Gasteiger partial charge in [-0.05, 0) is 36.8 Å². The van der Waals surface area contributed by atoms with E-state index >= 15 is 0 Å². The molecule has 32 heavy (non-hydrogen) atoms. The molecule has 1 fully saturated rings. The first-order chi connectivity index (χ1) is 15.1. The van der Waals surface area contributed by atoms with Crippen molar-refractivity contribution in [2.45, 2.75) is 52.9 Å². The first-order valence-corrected chi connectivity index (χ1v) is 11.4. The first kappa shape index (κ1) is 24.0. The number of rotatable bonds is 7. The topological polar surface area (TPSA) is 78.7 Å². The van der Waals surface area contributed by atoms with Gasteiger partial charge in [-0.2, -0.15) is 0 Å². The number of benzene rings is 1. The summed E-state index contributed by atoms with van der Waals surface area (Å²) in [4.78, 5) is 28.9. The Morgan fingerprint density at radius 2 is 1.72 bits per heavy atom. The van der Waals surface area contributed by atoms with E-state index in [0.29, 0.717) is 51.4 Å². The van der Waals surface area contributed by atoms with Crippen LogP contribution in [0.1, 0.15) is 48.9 Å². The largest absolute Gasteiger partial charge is 0.361 e. The summed E-state index contributed by atoms with van der Waals surface area (Å²) in [7, 11) is 0. The van der Waals surface area contributed by atoms with Gasteiger partial charge in [0.25, 0.3) is 0 Å². The Labute approximate surface area is 191 Å². The van der Waals surface area contributed by atoms with Crippen LogP contribution in [0.5, 0.6) is 0 Å². The van der Waals surface area contributed by atoms with Crippen LogP contribution in [-0.2, 0) is 27.8 Å². The summed E-state index contributed by atoms with van der Waals surface area (Å²) >= 11 is 0. The van der Waals surface area contributed by atoms with Crippen molar-refractivity contribution in [3.05, 3.63) is 52.4 Å². The SMILES string of the molecule is Cc1noc(C)c1CC(=O)N1CCN(CC(=O)NCCc2ccc(C(C)(C)C)cc2)CC1. The number of amides is 2. The third-order valence-electron chi connectivity index (χ3n) is 6.16. The lowest BCUT2D eigenvalue weighted by Crippen LogP contribution is -2.51. The Bertz CT molecular complexity index is 900. The van der Waals surface area contributed by atoms with Crippen molar-refractivity contribution in [1.29, 1.82) is 0 Å². The van der Waals surface area contributed by atoms with Crippen LogP contribution in [-0.4, -0.2) is 66.0 Å². The van der Waals surface area contributed by atoms with E-state index in [4.69, 9.17) is 4.52 Å². The Morgan fingerprint density at radius 3 is 2.28 bits per heavy atom. The first-order valence-electron chi connectivity index (χ1n) is 11.4. The van der Waals surface area contributed by atoms with Crippen LogP contribution in [0, 0.1) is 13.8 Å². The number of hydrogen-bond acceptors (Lipinski definition) is 5. The van der Waals surface area contributed by atoms with Gasteiger partial charge in [-0.25, -0.2) is 0 Å². The molecule has 1 N–H and O–H groups in total. The second-order valence-corrected chi connectivity index (χ2v) is 9.68. The summed E-state index contributed by atoms with van der Waals surface area (Å²) in [5, 5.41) is 6.94. The zero-order chi connectivity index (χ0) is 23.3. The lowest BCUT2D eigenvalue weighted by molar-refractivity contribution is -0.132. The summed E-state index contributed by atoms with van der Waals surface area (Å²) in [5.41, 5.74) is 4.34. The van der Waals surface area contributed by atoms with Gasteiger partial charge < -0.3 is 14.7 Å². The van der Waals surface area contributed by atoms with Gasteiger partial charge in [0.2, 0.25) is 11.8 Å². The van der Waals surface area contributed by atoms with Crippen molar-refractivity contribution < 1.29 is 14.1 Å². The predicted molar refractivity (Wildman–Crippen MR) is 125 cm³/mol. The van der Waals surface area contributed by atoms with Crippen molar-refractivity contribution >= 4 is 11.8 Å². The molecule has 0 radical (unpaired) electrons. The maximum absolute atomic E-state index is 12.6. The van der Waals surface area contributed by atoms with E-state index in [1.165, 1.54) is 11.1 Å². The molecule has 1 aromatic heterocycles. The quantitative estimate of drug-likeness (QED) is 0.716. The minimum Gasteiger partial charge on any atom is -0.361 e. The Hall–Kier alpha value is -2.67. The second kappa shape index (κ2) is 10.3. The predicted octanol–water partition coefficient (Wildman–Crippen LogP) is 2.63. The molecule has 0 atom stereocenters. The van der Waals surface area contributed by atoms with Crippen molar-refractivity contribution in [2.75, 3.05) is 39.3 Å². The van der Waals surface area contributed by atoms with Crippen LogP contribution in [0.4, 0.5) is 0 Å². The minimum atomic E-state index is 0.0341. The van der Waals surface area contributed by atoms with Crippen molar-refractivity contribution in [1.82, 2.24) is 20.3 Å². The molecule has 0 aliphatic carbocycles. The lowest BCUT2D eigenvalue weighted by atomic mass is 9.86. The normalized spacial score (nSPS) is 15.1. The molecule has 0 saturated carbocycles. The van der Waals surface area contributed by atoms with E-state index in [-0.39, 0.29) is 17.2 Å². The van der Waals surface area contributed by atoms with Gasteiger partial charge in [0.05, 0.1) is 18.7 Å². The van der Waals surface area contributed by atoms with E-state index in [2.05, 4.69) is 60.4 Å². The number of nitrogens with one attached hydrogen (secondary N) is 1. The van der Waals surface area contributed by atoms with Gasteiger partial charge in [-0.15, -0.1) is 0 Å². The van der Waals surface area contributed by atoms with Gasteiger partial charge in [-0.1, -0.05) is 50.2 Å². The highest BCUT2D eigenvalue weighted by molar-refractivity contribution is 5.80. The summed E-state index contributed by atoms with van der Waals surface area (Å²) in [6.07, 6.45) is 1.14. The molecule has 1 aromatic carbocycles. The number of aryl methyl sites for hydroxylation is 2. The van der Waals surface area contributed by atoms with Gasteiger partial charge in [0.1, 0.15) is 5.76 Å². The van der Waals surface area contributed by atoms with Crippen LogP contribution in [0.3, 0.4) is 0 Å². The number of nitrogens with zero attached hydrogens (tertiary/aromatic N) is 3. The zero-order valence-electron chi connectivity index (χ0n) is 20.0. The number of carbonyl (C=O) groups excluding carboxylic acids is 2. The fraction of sp³-hybridized carbons (Fsp3) is 0.560. The molecule has 2 amide bonds. The monoisotopic (exact) mass is 440 g/mol. The number of piperazine rings is 1. The number of hydrogen-bond donors (Lipinski definition) is 1. The second-order valence-electron chi connectivity index (χ2n) is 9.68. The molecule has 174 valence electrons. The molecule has 0 unspecified atom stereocenters. The Balaban J connectivity index is 1.36. The highest BCUT2D eigenvalue weighted by atomic mass is 16.5. The molecule has 2 aromatic rings. The summed E-state index contributed by atoms with van der Waals surface area (Å²) in [6.45, 7) is 14.0. The highest BCUT2D eigenvalue weighted by Gasteiger charge is 2.24. The lowest BCUT2D eigenvalue weighted by Gasteiger charge is -2.34. The maximum atomic E-state index is 12.6. The van der Waals surface area contributed by atoms with Gasteiger partial charge in [0, 0.05) is 38.3 Å². The average molecular weight is 441 g/mol. The van der Waals surface area contributed by atoms with Crippen molar-refractivity contribution in [3.63, 3.8) is 0 Å². The van der Waals surface area contributed by atoms with E-state index in [1.807, 2.05) is 18.7 Å². The Morgan fingerprint density at radius 1 is 1.06 bits per heavy atom. The molecule has 1 aliphatic rings. The van der Waals surface area contributed by atoms with Gasteiger partial charge >= 0.3 is 0 Å². The maximum Gasteiger partial charge on any atom is 0.234 e. The number of carbonyl (C=O) groups is 2. The van der Waals surface area contributed by atoms with Crippen LogP contribution in [0.25, 0.3) is 0 Å². The van der Waals surface area contributed by atoms with Crippen LogP contribution in [0.2, 0.25) is 0 Å². The molecule has 1 aliphatic heterocycles. The van der Waals surface area contributed by atoms with E-state index in [9.17, 15) is 9.59 Å². The summed E-state index contributed by atoms with van der Waals surface area (Å²) < 4.78 is 5.15. The molecule has 7 nitrogen and oxygen atoms in total. The average Bonchev–Trinajstić information content (AvgIpc) is 3.06. The molecule has 0 spiro atoms. The minimum absolute atomic E-state index is 0.0341. The van der Waals surface area contributed by atoms with Crippen LogP contribution in [0.15, 0.2) is 28.8 Å². The van der Waals surface area contributed by atoms with E-state index in [0.717, 1.165) is 17.7 Å². The Kier molecular flexibility index (Phi) is 7.72. The molecule has 2 heterocycles. The standard InChI is InChI=1S/C25H36N4O3/c1-18-22(19(2)32-27-18)16-24(31)29-14-12-28(13-15-29)17-23(30)26-11-10-20-6-8-21(9-7-20)25(3,4)5/h6-9H,10-17H2,1-5H3,(H,26,30). The molecular formula is C25H36N4O3.